The fourth-order valence-corrected chi connectivity index (χ4v) is 5.45. The van der Waals surface area contributed by atoms with Crippen LogP contribution in [0.3, 0.4) is 0 Å². The number of piperidine rings is 1. The summed E-state index contributed by atoms with van der Waals surface area (Å²) < 4.78 is 17.6. The Morgan fingerprint density at radius 1 is 1.15 bits per heavy atom. The van der Waals surface area contributed by atoms with Crippen LogP contribution in [0.15, 0.2) is 17.6 Å². The highest BCUT2D eigenvalue weighted by Gasteiger charge is 2.52. The molecule has 0 aromatic carbocycles. The minimum Gasteiger partial charge on any atom is -0.444 e. The van der Waals surface area contributed by atoms with E-state index in [-0.39, 0.29) is 17.9 Å². The highest BCUT2D eigenvalue weighted by molar-refractivity contribution is 7.99. The minimum absolute atomic E-state index is 0.0187. The maximum Gasteiger partial charge on any atom is 0.498 e. The van der Waals surface area contributed by atoms with E-state index < -0.39 is 36.1 Å². The van der Waals surface area contributed by atoms with Crippen LogP contribution in [-0.2, 0) is 18.8 Å². The van der Waals surface area contributed by atoms with Crippen LogP contribution in [0.2, 0.25) is 0 Å². The number of alkyl carbamates (subject to hydrolysis) is 1. The highest BCUT2D eigenvalue weighted by Crippen LogP contribution is 2.36. The van der Waals surface area contributed by atoms with Crippen molar-refractivity contribution in [2.75, 3.05) is 12.3 Å². The van der Waals surface area contributed by atoms with Crippen LogP contribution >= 0.6 is 11.8 Å². The zero-order chi connectivity index (χ0) is 29.0. The van der Waals surface area contributed by atoms with E-state index >= 15 is 0 Å². The lowest BCUT2D eigenvalue weighted by Gasteiger charge is -2.39. The first-order chi connectivity index (χ1) is 18.1. The van der Waals surface area contributed by atoms with Crippen molar-refractivity contribution in [3.05, 3.63) is 12.4 Å². The van der Waals surface area contributed by atoms with Gasteiger partial charge in [0.2, 0.25) is 5.91 Å². The molecule has 0 saturated carbocycles. The number of nitrogens with zero attached hydrogens (tertiary/aromatic N) is 3. The van der Waals surface area contributed by atoms with Crippen molar-refractivity contribution in [1.82, 2.24) is 20.2 Å². The SMILES string of the molecule is CC(C)[C@H](NC(=O)OC(C)(C)C)C(=O)N1CCCC[C@H]1CCCSc1ncc(B2OC(C)(C)C(C)(C)O2)cn1. The number of carbonyl (C=O) groups excluding carboxylic acids is 2. The van der Waals surface area contributed by atoms with E-state index in [1.54, 1.807) is 24.2 Å². The lowest BCUT2D eigenvalue weighted by molar-refractivity contribution is -0.138. The molecule has 3 rings (SSSR count). The number of rotatable bonds is 9. The molecule has 9 nitrogen and oxygen atoms in total. The van der Waals surface area contributed by atoms with E-state index in [4.69, 9.17) is 14.0 Å². The Balaban J connectivity index is 1.51. The number of thioether (sulfide) groups is 1. The fraction of sp³-hybridized carbons (Fsp3) is 0.786. The Hall–Kier alpha value is -1.85. The van der Waals surface area contributed by atoms with Crippen LogP contribution in [0.5, 0.6) is 0 Å². The molecule has 2 atom stereocenters. The van der Waals surface area contributed by atoms with Gasteiger partial charge in [0.05, 0.1) is 11.2 Å². The van der Waals surface area contributed by atoms with E-state index in [0.717, 1.165) is 49.9 Å². The van der Waals surface area contributed by atoms with Crippen LogP contribution in [0.1, 0.15) is 94.4 Å². The molecule has 39 heavy (non-hydrogen) atoms. The van der Waals surface area contributed by atoms with E-state index in [1.165, 1.54) is 0 Å². The molecule has 2 aliphatic heterocycles. The van der Waals surface area contributed by atoms with Crippen molar-refractivity contribution in [1.29, 1.82) is 0 Å². The van der Waals surface area contributed by atoms with Gasteiger partial charge >= 0.3 is 13.2 Å². The first kappa shape index (κ1) is 31.7. The second kappa shape index (κ2) is 12.8. The summed E-state index contributed by atoms with van der Waals surface area (Å²) in [6.45, 7) is 18.2. The monoisotopic (exact) mass is 562 g/mol. The van der Waals surface area contributed by atoms with Crippen molar-refractivity contribution < 1.29 is 23.6 Å². The Morgan fingerprint density at radius 2 is 1.77 bits per heavy atom. The molecular weight excluding hydrogens is 515 g/mol. The van der Waals surface area contributed by atoms with E-state index in [0.29, 0.717) is 5.16 Å². The number of hydrogen-bond acceptors (Lipinski definition) is 8. The first-order valence-corrected chi connectivity index (χ1v) is 15.2. The quantitative estimate of drug-likeness (QED) is 0.202. The largest absolute Gasteiger partial charge is 0.498 e. The molecule has 0 aliphatic carbocycles. The highest BCUT2D eigenvalue weighted by atomic mass is 32.2. The van der Waals surface area contributed by atoms with Crippen molar-refractivity contribution in [3.8, 4) is 0 Å². The van der Waals surface area contributed by atoms with Crippen LogP contribution in [0, 0.1) is 5.92 Å². The minimum atomic E-state index is -0.615. The van der Waals surface area contributed by atoms with Gasteiger partial charge in [-0.25, -0.2) is 14.8 Å². The normalized spacial score (nSPS) is 21.6. The Morgan fingerprint density at radius 3 is 2.33 bits per heavy atom. The third-order valence-electron chi connectivity index (χ3n) is 7.60. The lowest BCUT2D eigenvalue weighted by atomic mass is 9.81. The molecule has 11 heteroatoms. The molecule has 0 radical (unpaired) electrons. The molecule has 3 heterocycles. The second-order valence-corrected chi connectivity index (χ2v) is 14.0. The van der Waals surface area contributed by atoms with Gasteiger partial charge in [0, 0.05) is 36.2 Å². The number of carbonyl (C=O) groups is 2. The van der Waals surface area contributed by atoms with Gasteiger partial charge in [0.25, 0.3) is 0 Å². The molecule has 2 amide bonds. The van der Waals surface area contributed by atoms with Gasteiger partial charge < -0.3 is 24.3 Å². The Labute approximate surface area is 239 Å². The molecule has 2 saturated heterocycles. The van der Waals surface area contributed by atoms with Crippen LogP contribution in [-0.4, -0.2) is 75.2 Å². The van der Waals surface area contributed by atoms with Crippen LogP contribution < -0.4 is 10.8 Å². The second-order valence-electron chi connectivity index (χ2n) is 12.9. The molecule has 0 unspecified atom stereocenters. The standard InChI is InChI=1S/C28H47BN4O5S/c1-19(2)22(32-25(35)36-26(3,4)5)23(34)33-15-11-10-13-21(33)14-12-16-39-24-30-17-20(18-31-24)29-37-27(6,7)28(8,9)38-29/h17-19,21-22H,10-16H2,1-9H3,(H,32,35)/t21-,22-/m0/s1. The summed E-state index contributed by atoms with van der Waals surface area (Å²) >= 11 is 1.61. The zero-order valence-electron chi connectivity index (χ0n) is 25.2. The smallest absolute Gasteiger partial charge is 0.444 e. The van der Waals surface area contributed by atoms with E-state index in [2.05, 4.69) is 15.3 Å². The molecule has 0 spiro atoms. The van der Waals surface area contributed by atoms with E-state index in [9.17, 15) is 9.59 Å². The summed E-state index contributed by atoms with van der Waals surface area (Å²) in [4.78, 5) is 37.0. The third-order valence-corrected chi connectivity index (χ3v) is 8.56. The van der Waals surface area contributed by atoms with Gasteiger partial charge in [-0.2, -0.15) is 0 Å². The average molecular weight is 563 g/mol. The molecular formula is C28H47BN4O5S. The summed E-state index contributed by atoms with van der Waals surface area (Å²) in [5.41, 5.74) is -0.606. The molecule has 1 aromatic heterocycles. The number of nitrogens with one attached hydrogen (secondary N) is 1. The lowest BCUT2D eigenvalue weighted by Crippen LogP contribution is -2.55. The number of ether oxygens (including phenoxy) is 1. The predicted molar refractivity (Wildman–Crippen MR) is 155 cm³/mol. The maximum absolute atomic E-state index is 13.5. The summed E-state index contributed by atoms with van der Waals surface area (Å²) in [7, 11) is -0.469. The Bertz CT molecular complexity index is 967. The third kappa shape index (κ3) is 8.57. The van der Waals surface area contributed by atoms with Crippen molar-refractivity contribution in [3.63, 3.8) is 0 Å². The average Bonchev–Trinajstić information content (AvgIpc) is 3.06. The topological polar surface area (TPSA) is 103 Å². The van der Waals surface area contributed by atoms with Gasteiger partial charge in [-0.15, -0.1) is 0 Å². The van der Waals surface area contributed by atoms with Gasteiger partial charge in [0.15, 0.2) is 5.16 Å². The predicted octanol–water partition coefficient (Wildman–Crippen LogP) is 4.58. The van der Waals surface area contributed by atoms with Gasteiger partial charge in [-0.05, 0) is 86.5 Å². The van der Waals surface area contributed by atoms with Gasteiger partial charge in [-0.3, -0.25) is 4.79 Å². The number of aromatic nitrogens is 2. The summed E-state index contributed by atoms with van der Waals surface area (Å²) in [5.74, 6) is 0.799. The van der Waals surface area contributed by atoms with Crippen molar-refractivity contribution in [2.45, 2.75) is 128 Å². The maximum atomic E-state index is 13.5. The van der Waals surface area contributed by atoms with Crippen LogP contribution in [0.4, 0.5) is 4.79 Å². The van der Waals surface area contributed by atoms with Crippen molar-refractivity contribution >= 4 is 36.3 Å². The van der Waals surface area contributed by atoms with Gasteiger partial charge in [-0.1, -0.05) is 25.6 Å². The number of hydrogen-bond donors (Lipinski definition) is 1. The summed E-state index contributed by atoms with van der Waals surface area (Å²) in [6, 6.07) is -0.439. The molecule has 2 fully saturated rings. The summed E-state index contributed by atoms with van der Waals surface area (Å²) in [5, 5.41) is 3.54. The Kier molecular flexibility index (Phi) is 10.4. The van der Waals surface area contributed by atoms with E-state index in [1.807, 2.05) is 67.2 Å². The number of likely N-dealkylation sites (tertiary alicyclic amines) is 1. The summed E-state index contributed by atoms with van der Waals surface area (Å²) in [6.07, 6.45) is 7.92. The fourth-order valence-electron chi connectivity index (χ4n) is 4.70. The molecule has 218 valence electrons. The van der Waals surface area contributed by atoms with Crippen molar-refractivity contribution in [2.24, 2.45) is 5.92 Å². The number of amides is 2. The zero-order valence-corrected chi connectivity index (χ0v) is 26.0. The molecule has 2 aliphatic rings. The first-order valence-electron chi connectivity index (χ1n) is 14.2. The molecule has 1 aromatic rings. The van der Waals surface area contributed by atoms with Crippen LogP contribution in [0.25, 0.3) is 0 Å². The molecule has 0 bridgehead atoms. The molecule has 1 N–H and O–H groups in total. The van der Waals surface area contributed by atoms with Gasteiger partial charge in [0.1, 0.15) is 11.6 Å².